The van der Waals surface area contributed by atoms with Gasteiger partial charge in [0.15, 0.2) is 17.5 Å². The zero-order chi connectivity index (χ0) is 37.0. The largest absolute Gasteiger partial charge is 0.456 e. The fraction of sp³-hybridized carbons (Fsp3) is 0. The van der Waals surface area contributed by atoms with Crippen LogP contribution in [0.15, 0.2) is 199 Å². The first-order valence-electron chi connectivity index (χ1n) is 18.8. The van der Waals surface area contributed by atoms with Crippen LogP contribution >= 0.6 is 0 Å². The van der Waals surface area contributed by atoms with Gasteiger partial charge < -0.3 is 8.98 Å². The summed E-state index contributed by atoms with van der Waals surface area (Å²) in [6, 6.07) is 67.5. The predicted octanol–water partition coefficient (Wildman–Crippen LogP) is 13.2. The van der Waals surface area contributed by atoms with Gasteiger partial charge in [0, 0.05) is 32.8 Å². The quantitative estimate of drug-likeness (QED) is 0.172. The second-order valence-corrected chi connectivity index (χ2v) is 14.0. The molecule has 0 N–H and O–H groups in total. The summed E-state index contributed by atoms with van der Waals surface area (Å²) < 4.78 is 8.72. The second-order valence-electron chi connectivity index (χ2n) is 14.0. The molecule has 0 radical (unpaired) electrons. The van der Waals surface area contributed by atoms with Gasteiger partial charge in [0.05, 0.1) is 22.1 Å². The lowest BCUT2D eigenvalue weighted by Gasteiger charge is -2.12. The molecule has 3 aromatic heterocycles. The summed E-state index contributed by atoms with van der Waals surface area (Å²) in [5, 5.41) is 4.60. The van der Waals surface area contributed by atoms with E-state index in [1.54, 1.807) is 0 Å². The molecule has 0 amide bonds. The molecule has 11 rings (SSSR count). The maximum absolute atomic E-state index is 6.33. The van der Waals surface area contributed by atoms with Crippen LogP contribution in [0.1, 0.15) is 0 Å². The molecule has 0 spiro atoms. The normalized spacial score (nSPS) is 11.6. The van der Waals surface area contributed by atoms with Crippen LogP contribution < -0.4 is 0 Å². The van der Waals surface area contributed by atoms with Gasteiger partial charge >= 0.3 is 0 Å². The van der Waals surface area contributed by atoms with Crippen LogP contribution in [-0.2, 0) is 0 Å². The van der Waals surface area contributed by atoms with Crippen LogP contribution in [0.3, 0.4) is 0 Å². The highest BCUT2D eigenvalue weighted by Gasteiger charge is 2.19. The molecule has 0 saturated carbocycles. The molecular formula is C51H32N4O. The van der Waals surface area contributed by atoms with Gasteiger partial charge in [0.1, 0.15) is 11.2 Å². The van der Waals surface area contributed by atoms with Gasteiger partial charge in [-0.3, -0.25) is 0 Å². The fourth-order valence-electron chi connectivity index (χ4n) is 7.98. The lowest BCUT2D eigenvalue weighted by Crippen LogP contribution is -2.00. The van der Waals surface area contributed by atoms with E-state index in [2.05, 4.69) is 150 Å². The van der Waals surface area contributed by atoms with Gasteiger partial charge in [-0.2, -0.15) is 0 Å². The van der Waals surface area contributed by atoms with Crippen molar-refractivity contribution >= 4 is 43.7 Å². The third-order valence-electron chi connectivity index (χ3n) is 10.7. The fourth-order valence-corrected chi connectivity index (χ4v) is 7.98. The Kier molecular flexibility index (Phi) is 7.42. The van der Waals surface area contributed by atoms with Crippen LogP contribution in [0, 0.1) is 0 Å². The summed E-state index contributed by atoms with van der Waals surface area (Å²) in [5.74, 6) is 1.89. The zero-order valence-corrected chi connectivity index (χ0v) is 30.2. The maximum atomic E-state index is 6.33. The van der Waals surface area contributed by atoms with Crippen LogP contribution in [0.25, 0.3) is 106 Å². The standard InChI is InChI=1S/C51H32N4O/c1-3-13-33(14-4-1)34-25-27-36(28-26-34)50-52-49(35-15-5-2-6-16-35)53-51(54-50)39-18-11-17-37(31-39)38-29-30-41-40-19-7-9-21-43(40)55(45(41)32-38)44-22-12-24-47-48(44)42-20-8-10-23-46(42)56-47/h1-32H. The molecule has 262 valence electrons. The van der Waals surface area contributed by atoms with E-state index in [-0.39, 0.29) is 0 Å². The first kappa shape index (κ1) is 31.9. The van der Waals surface area contributed by atoms with Crippen molar-refractivity contribution in [2.75, 3.05) is 0 Å². The van der Waals surface area contributed by atoms with Crippen molar-refractivity contribution in [2.45, 2.75) is 0 Å². The van der Waals surface area contributed by atoms with Crippen molar-refractivity contribution in [3.63, 3.8) is 0 Å². The van der Waals surface area contributed by atoms with Crippen molar-refractivity contribution in [1.82, 2.24) is 19.5 Å². The number of fused-ring (bicyclic) bond motifs is 6. The first-order chi connectivity index (χ1) is 27.7. The third kappa shape index (κ3) is 5.37. The van der Waals surface area contributed by atoms with Gasteiger partial charge in [0.2, 0.25) is 0 Å². The monoisotopic (exact) mass is 716 g/mol. The molecule has 56 heavy (non-hydrogen) atoms. The molecule has 0 atom stereocenters. The van der Waals surface area contributed by atoms with E-state index in [0.717, 1.165) is 72.0 Å². The molecule has 0 fully saturated rings. The maximum Gasteiger partial charge on any atom is 0.164 e. The van der Waals surface area contributed by atoms with Crippen LogP contribution in [0.4, 0.5) is 0 Å². The van der Waals surface area contributed by atoms with Crippen molar-refractivity contribution in [2.24, 2.45) is 0 Å². The third-order valence-corrected chi connectivity index (χ3v) is 10.7. The van der Waals surface area contributed by atoms with E-state index in [4.69, 9.17) is 19.4 Å². The highest BCUT2D eigenvalue weighted by molar-refractivity contribution is 6.14. The van der Waals surface area contributed by atoms with Gasteiger partial charge in [-0.15, -0.1) is 0 Å². The minimum Gasteiger partial charge on any atom is -0.456 e. The van der Waals surface area contributed by atoms with Crippen LogP contribution in [-0.4, -0.2) is 19.5 Å². The van der Waals surface area contributed by atoms with Crippen LogP contribution in [0.5, 0.6) is 0 Å². The smallest absolute Gasteiger partial charge is 0.164 e. The number of rotatable bonds is 6. The molecule has 3 heterocycles. The van der Waals surface area contributed by atoms with E-state index in [1.807, 2.05) is 48.5 Å². The molecule has 0 unspecified atom stereocenters. The number of aromatic nitrogens is 4. The number of furan rings is 1. The highest BCUT2D eigenvalue weighted by Crippen LogP contribution is 2.40. The van der Waals surface area contributed by atoms with Gasteiger partial charge in [-0.1, -0.05) is 158 Å². The van der Waals surface area contributed by atoms with E-state index in [0.29, 0.717) is 17.5 Å². The molecule has 0 aliphatic carbocycles. The Morgan fingerprint density at radius 3 is 1.61 bits per heavy atom. The topological polar surface area (TPSA) is 56.7 Å². The lowest BCUT2D eigenvalue weighted by atomic mass is 10.0. The Morgan fingerprint density at radius 2 is 0.821 bits per heavy atom. The summed E-state index contributed by atoms with van der Waals surface area (Å²) in [6.45, 7) is 0. The highest BCUT2D eigenvalue weighted by atomic mass is 16.3. The van der Waals surface area contributed by atoms with Crippen molar-refractivity contribution in [3.8, 4) is 62.1 Å². The van der Waals surface area contributed by atoms with Crippen molar-refractivity contribution in [3.05, 3.63) is 194 Å². The average molecular weight is 717 g/mol. The number of nitrogens with zero attached hydrogens (tertiary/aromatic N) is 4. The summed E-state index contributed by atoms with van der Waals surface area (Å²) >= 11 is 0. The molecule has 0 saturated heterocycles. The Labute approximate surface area is 322 Å². The summed E-state index contributed by atoms with van der Waals surface area (Å²) in [4.78, 5) is 15.1. The zero-order valence-electron chi connectivity index (χ0n) is 30.2. The van der Waals surface area contributed by atoms with Crippen LogP contribution in [0.2, 0.25) is 0 Å². The molecular weight excluding hydrogens is 685 g/mol. The second kappa shape index (κ2) is 13.0. The SMILES string of the molecule is c1ccc(-c2ccc(-c3nc(-c4ccccc4)nc(-c4cccc(-c5ccc6c7ccccc7n(-c7cccc8oc9ccccc9c78)c6c5)c4)n3)cc2)cc1. The Hall–Kier alpha value is -7.63. The first-order valence-corrected chi connectivity index (χ1v) is 18.8. The Bertz CT molecular complexity index is 3240. The van der Waals surface area contributed by atoms with E-state index in [1.165, 1.54) is 16.3 Å². The molecule has 5 nitrogen and oxygen atoms in total. The summed E-state index contributed by atoms with van der Waals surface area (Å²) in [7, 11) is 0. The summed E-state index contributed by atoms with van der Waals surface area (Å²) in [6.07, 6.45) is 0. The van der Waals surface area contributed by atoms with Gasteiger partial charge in [0.25, 0.3) is 0 Å². The van der Waals surface area contributed by atoms with Crippen molar-refractivity contribution in [1.29, 1.82) is 0 Å². The van der Waals surface area contributed by atoms with Crippen molar-refractivity contribution < 1.29 is 4.42 Å². The predicted molar refractivity (Wildman–Crippen MR) is 229 cm³/mol. The molecule has 8 aromatic carbocycles. The van der Waals surface area contributed by atoms with Gasteiger partial charge in [-0.05, 0) is 58.7 Å². The number of hydrogen-bond acceptors (Lipinski definition) is 4. The molecule has 0 bridgehead atoms. The summed E-state index contributed by atoms with van der Waals surface area (Å²) in [5.41, 5.74) is 12.4. The number of hydrogen-bond donors (Lipinski definition) is 0. The minimum atomic E-state index is 0.622. The Balaban J connectivity index is 1.05. The average Bonchev–Trinajstić information content (AvgIpc) is 3.83. The molecule has 0 aliphatic rings. The van der Waals surface area contributed by atoms with Gasteiger partial charge in [-0.25, -0.2) is 15.0 Å². The number of para-hydroxylation sites is 2. The van der Waals surface area contributed by atoms with E-state index >= 15 is 0 Å². The van der Waals surface area contributed by atoms with E-state index < -0.39 is 0 Å². The minimum absolute atomic E-state index is 0.622. The molecule has 0 aliphatic heterocycles. The molecule has 11 aromatic rings. The van der Waals surface area contributed by atoms with E-state index in [9.17, 15) is 0 Å². The number of benzene rings is 8. The molecule has 5 heteroatoms. The Morgan fingerprint density at radius 1 is 0.321 bits per heavy atom. The lowest BCUT2D eigenvalue weighted by molar-refractivity contribution is 0.669.